The van der Waals surface area contributed by atoms with E-state index < -0.39 is 10.0 Å². The summed E-state index contributed by atoms with van der Waals surface area (Å²) in [7, 11) is -3.62. The number of aryl methyl sites for hydroxylation is 2. The van der Waals surface area contributed by atoms with Crippen molar-refractivity contribution in [2.24, 2.45) is 5.73 Å². The molecule has 0 fully saturated rings. The van der Waals surface area contributed by atoms with Crippen LogP contribution in [0.4, 0.5) is 0 Å². The molecule has 0 aliphatic carbocycles. The molecule has 0 aromatic heterocycles. The van der Waals surface area contributed by atoms with E-state index in [2.05, 4.69) is 35.4 Å². The Kier molecular flexibility index (Phi) is 10.3. The van der Waals surface area contributed by atoms with Crippen molar-refractivity contribution in [1.82, 2.24) is 0 Å². The van der Waals surface area contributed by atoms with Crippen LogP contribution in [0.2, 0.25) is 0 Å². The zero-order valence-electron chi connectivity index (χ0n) is 13.8. The maximum absolute atomic E-state index is 11.0. The summed E-state index contributed by atoms with van der Waals surface area (Å²) in [5, 5.41) is 0. The van der Waals surface area contributed by atoms with E-state index >= 15 is 0 Å². The normalized spacial score (nSPS) is 11.7. The van der Waals surface area contributed by atoms with E-state index in [1.54, 1.807) is 12.1 Å². The van der Waals surface area contributed by atoms with Gasteiger partial charge in [0.15, 0.2) is 0 Å². The Labute approximate surface area is 165 Å². The zero-order valence-corrected chi connectivity index (χ0v) is 17.4. The number of nitrogens with two attached hydrogens (primary N) is 1. The number of hydrogen-bond acceptors (Lipinski definition) is 3. The van der Waals surface area contributed by atoms with Gasteiger partial charge in [-0.15, -0.1) is 0 Å². The maximum atomic E-state index is 11.0. The third-order valence-corrected chi connectivity index (χ3v) is 4.61. The first kappa shape index (κ1) is 22.6. The quantitative estimate of drug-likeness (QED) is 0.834. The molecule has 2 rings (SSSR count). The minimum atomic E-state index is -3.62. The molecule has 4 nitrogen and oxygen atoms in total. The molecule has 1 unspecified atom stereocenters. The first-order chi connectivity index (χ1) is 10.3. The molecule has 0 amide bonds. The van der Waals surface area contributed by atoms with Gasteiger partial charge in [-0.1, -0.05) is 47.5 Å². The van der Waals surface area contributed by atoms with Crippen LogP contribution in [-0.4, -0.2) is 8.42 Å². The second-order valence-electron chi connectivity index (χ2n) is 5.06. The fraction of sp³-hybridized carbons (Fsp3) is 0.250. The van der Waals surface area contributed by atoms with E-state index in [0.717, 1.165) is 5.56 Å². The molecule has 0 saturated carbocycles. The Bertz CT molecular complexity index is 687. The Morgan fingerprint density at radius 2 is 1.35 bits per heavy atom. The molecule has 23 heavy (non-hydrogen) atoms. The third kappa shape index (κ3) is 7.81. The van der Waals surface area contributed by atoms with Gasteiger partial charge in [-0.2, -0.15) is 0 Å². The minimum absolute atomic E-state index is 0. The topological polar surface area (TPSA) is 74.3 Å². The van der Waals surface area contributed by atoms with Crippen molar-refractivity contribution in [3.05, 3.63) is 69.5 Å². The Morgan fingerprint density at radius 3 is 1.70 bits per heavy atom. The van der Waals surface area contributed by atoms with Crippen LogP contribution in [0.25, 0.3) is 4.24 Å². The Morgan fingerprint density at radius 1 is 0.957 bits per heavy atom. The van der Waals surface area contributed by atoms with Crippen molar-refractivity contribution in [2.45, 2.75) is 31.7 Å². The van der Waals surface area contributed by atoms with Gasteiger partial charge in [-0.25, -0.2) is 8.42 Å². The van der Waals surface area contributed by atoms with Crippen molar-refractivity contribution in [3.63, 3.8) is 0 Å². The molecule has 0 bridgehead atoms. The standard InChI is InChI=1S/C9H13N.C7H7ClNO2S.Na/c1-7-3-5-9(6-4-7)8(2)10;1-6-2-4-7(5-3-6)12(10,11)9-8;/h3-6,8H,10H2,1-2H3;2-5H,1H3;/q;-1;+1. The Hall–Kier alpha value is -0.400. The van der Waals surface area contributed by atoms with Gasteiger partial charge < -0.3 is 9.97 Å². The van der Waals surface area contributed by atoms with E-state index in [1.165, 1.54) is 23.3 Å². The van der Waals surface area contributed by atoms with Gasteiger partial charge in [0.25, 0.3) is 0 Å². The summed E-state index contributed by atoms with van der Waals surface area (Å²) in [6.45, 7) is 5.93. The minimum Gasteiger partial charge on any atom is -0.458 e. The molecule has 0 aliphatic rings. The first-order valence-electron chi connectivity index (χ1n) is 6.73. The van der Waals surface area contributed by atoms with E-state index in [-0.39, 0.29) is 40.5 Å². The van der Waals surface area contributed by atoms with Crippen LogP contribution < -0.4 is 35.3 Å². The third-order valence-electron chi connectivity index (χ3n) is 3.01. The van der Waals surface area contributed by atoms with E-state index in [4.69, 9.17) is 17.5 Å². The SMILES string of the molecule is Cc1ccc(C(C)N)cc1.Cc1ccc(S(=O)(=O)[N-]Cl)cc1.[Na+]. The summed E-state index contributed by atoms with van der Waals surface area (Å²) in [6.07, 6.45) is 0. The summed E-state index contributed by atoms with van der Waals surface area (Å²) in [5.41, 5.74) is 9.13. The van der Waals surface area contributed by atoms with Crippen LogP contribution in [0.1, 0.15) is 29.7 Å². The maximum Gasteiger partial charge on any atom is 1.00 e. The predicted molar refractivity (Wildman–Crippen MR) is 91.4 cm³/mol. The largest absolute Gasteiger partial charge is 1.00 e. The summed E-state index contributed by atoms with van der Waals surface area (Å²) in [6, 6.07) is 14.8. The fourth-order valence-corrected chi connectivity index (χ4v) is 2.42. The predicted octanol–water partition coefficient (Wildman–Crippen LogP) is 1.23. The summed E-state index contributed by atoms with van der Waals surface area (Å²) in [5.74, 6) is 0. The van der Waals surface area contributed by atoms with Gasteiger partial charge in [-0.3, -0.25) is 11.8 Å². The van der Waals surface area contributed by atoms with Crippen molar-refractivity contribution in [3.8, 4) is 0 Å². The van der Waals surface area contributed by atoms with E-state index in [9.17, 15) is 8.42 Å². The van der Waals surface area contributed by atoms with Gasteiger partial charge in [0.05, 0.1) is 0 Å². The first-order valence-corrected chi connectivity index (χ1v) is 8.51. The molecular formula is C16H20ClN2NaO2S. The second kappa shape index (κ2) is 10.5. The molecule has 0 radical (unpaired) electrons. The molecule has 0 aliphatic heterocycles. The Balaban J connectivity index is 0.000000409. The van der Waals surface area contributed by atoms with Gasteiger partial charge in [0, 0.05) is 10.9 Å². The summed E-state index contributed by atoms with van der Waals surface area (Å²) < 4.78 is 24.8. The van der Waals surface area contributed by atoms with Gasteiger partial charge in [0.2, 0.25) is 0 Å². The van der Waals surface area contributed by atoms with Crippen molar-refractivity contribution in [1.29, 1.82) is 0 Å². The van der Waals surface area contributed by atoms with Crippen LogP contribution in [-0.2, 0) is 10.0 Å². The van der Waals surface area contributed by atoms with Crippen LogP contribution in [0.5, 0.6) is 0 Å². The smallest absolute Gasteiger partial charge is 0.458 e. The van der Waals surface area contributed by atoms with E-state index in [0.29, 0.717) is 0 Å². The number of halogens is 1. The molecule has 2 aromatic carbocycles. The monoisotopic (exact) mass is 362 g/mol. The van der Waals surface area contributed by atoms with Crippen molar-refractivity contribution >= 4 is 21.8 Å². The molecule has 0 saturated heterocycles. The van der Waals surface area contributed by atoms with Gasteiger partial charge in [0.1, 0.15) is 10.0 Å². The molecule has 0 spiro atoms. The zero-order chi connectivity index (χ0) is 16.8. The number of benzene rings is 2. The number of sulfonamides is 1. The fourth-order valence-electron chi connectivity index (χ4n) is 1.62. The number of rotatable bonds is 3. The van der Waals surface area contributed by atoms with Crippen LogP contribution >= 0.6 is 11.8 Å². The van der Waals surface area contributed by atoms with Crippen LogP contribution in [0.3, 0.4) is 0 Å². The summed E-state index contributed by atoms with van der Waals surface area (Å²) >= 11 is 4.90. The molecule has 7 heteroatoms. The molecule has 120 valence electrons. The van der Waals surface area contributed by atoms with Gasteiger partial charge in [-0.05, 0) is 38.5 Å². The van der Waals surface area contributed by atoms with E-state index in [1.807, 2.05) is 13.8 Å². The molecule has 2 N–H and O–H groups in total. The second-order valence-corrected chi connectivity index (χ2v) is 7.03. The van der Waals surface area contributed by atoms with Crippen molar-refractivity contribution < 1.29 is 38.0 Å². The van der Waals surface area contributed by atoms with Crippen LogP contribution in [0.15, 0.2) is 53.4 Å². The molecular weight excluding hydrogens is 343 g/mol. The number of hydrogen-bond donors (Lipinski definition) is 1. The van der Waals surface area contributed by atoms with Crippen molar-refractivity contribution in [2.75, 3.05) is 0 Å². The summed E-state index contributed by atoms with van der Waals surface area (Å²) in [4.78, 5) is 0.114. The van der Waals surface area contributed by atoms with Crippen LogP contribution in [0, 0.1) is 13.8 Å². The molecule has 1 atom stereocenters. The van der Waals surface area contributed by atoms with Gasteiger partial charge >= 0.3 is 29.6 Å². The molecule has 2 aromatic rings. The number of nitrogens with zero attached hydrogens (tertiary/aromatic N) is 1. The molecule has 0 heterocycles. The average Bonchev–Trinajstić information content (AvgIpc) is 2.49. The average molecular weight is 363 g/mol.